The van der Waals surface area contributed by atoms with Gasteiger partial charge in [-0.15, -0.1) is 0 Å². The van der Waals surface area contributed by atoms with E-state index in [0.29, 0.717) is 0 Å². The van der Waals surface area contributed by atoms with Crippen LogP contribution in [0.4, 0.5) is 0 Å². The lowest BCUT2D eigenvalue weighted by Crippen LogP contribution is -2.21. The van der Waals surface area contributed by atoms with Crippen LogP contribution in [0.3, 0.4) is 0 Å². The molecule has 0 spiro atoms. The lowest BCUT2D eigenvalue weighted by Gasteiger charge is -2.16. The number of carbonyl (C=O) groups excluding carboxylic acids is 1. The van der Waals surface area contributed by atoms with Gasteiger partial charge in [-0.2, -0.15) is 0 Å². The number of benzene rings is 1. The van der Waals surface area contributed by atoms with Crippen LogP contribution in [-0.2, 0) is 9.47 Å². The second kappa shape index (κ2) is 5.51. The molecule has 0 aromatic heterocycles. The van der Waals surface area contributed by atoms with Gasteiger partial charge in [0.1, 0.15) is 11.3 Å². The van der Waals surface area contributed by atoms with Gasteiger partial charge in [-0.05, 0) is 32.9 Å². The van der Waals surface area contributed by atoms with Crippen molar-refractivity contribution in [2.75, 3.05) is 0 Å². The molecule has 0 saturated carbocycles. The van der Waals surface area contributed by atoms with Crippen LogP contribution < -0.4 is 0 Å². The van der Waals surface area contributed by atoms with Crippen molar-refractivity contribution >= 4 is 5.97 Å². The Morgan fingerprint density at radius 1 is 1.25 bits per heavy atom. The fourth-order valence-corrected chi connectivity index (χ4v) is 1.27. The summed E-state index contributed by atoms with van der Waals surface area (Å²) >= 11 is 0. The molecule has 0 radical (unpaired) electrons. The Bertz CT molecular complexity index is 360. The van der Waals surface area contributed by atoms with E-state index in [-0.39, 0.29) is 17.4 Å². The van der Waals surface area contributed by atoms with Gasteiger partial charge in [0.15, 0.2) is 0 Å². The molecule has 0 fully saturated rings. The van der Waals surface area contributed by atoms with Crippen LogP contribution in [0, 0.1) is 0 Å². The molecule has 0 aliphatic rings. The molecule has 1 aromatic rings. The van der Waals surface area contributed by atoms with Crippen molar-refractivity contribution in [3.8, 4) is 5.75 Å². The van der Waals surface area contributed by atoms with Gasteiger partial charge in [-0.3, -0.25) is 0 Å². The highest BCUT2D eigenvalue weighted by atomic mass is 16.7. The third kappa shape index (κ3) is 3.55. The first-order chi connectivity index (χ1) is 7.50. The van der Waals surface area contributed by atoms with Gasteiger partial charge in [-0.25, -0.2) is 4.79 Å². The Morgan fingerprint density at radius 2 is 1.88 bits per heavy atom. The van der Waals surface area contributed by atoms with Gasteiger partial charge >= 0.3 is 5.97 Å². The maximum Gasteiger partial charge on any atom is 0.344 e. The maximum atomic E-state index is 11.6. The molecule has 4 heteroatoms. The number of aromatic hydroxyl groups is 1. The van der Waals surface area contributed by atoms with E-state index in [1.54, 1.807) is 19.1 Å². The summed E-state index contributed by atoms with van der Waals surface area (Å²) in [7, 11) is 0. The minimum absolute atomic E-state index is 0.0211. The third-order valence-electron chi connectivity index (χ3n) is 1.86. The highest BCUT2D eigenvalue weighted by Crippen LogP contribution is 2.17. The maximum absolute atomic E-state index is 11.6. The Kier molecular flexibility index (Phi) is 4.31. The monoisotopic (exact) mass is 224 g/mol. The van der Waals surface area contributed by atoms with Crippen molar-refractivity contribution in [3.05, 3.63) is 29.8 Å². The standard InChI is InChI=1S/C12H16O4/c1-8(2)15-9(3)16-12(14)10-6-4-5-7-11(10)13/h4-9,13H,1-3H3. The highest BCUT2D eigenvalue weighted by Gasteiger charge is 2.15. The summed E-state index contributed by atoms with van der Waals surface area (Å²) in [6, 6.07) is 6.23. The van der Waals surface area contributed by atoms with Gasteiger partial charge in [-0.1, -0.05) is 12.1 Å². The lowest BCUT2D eigenvalue weighted by atomic mass is 10.2. The fourth-order valence-electron chi connectivity index (χ4n) is 1.27. The van der Waals surface area contributed by atoms with Gasteiger partial charge in [0.2, 0.25) is 6.29 Å². The molecule has 0 saturated heterocycles. The number of ether oxygens (including phenoxy) is 2. The van der Waals surface area contributed by atoms with Crippen molar-refractivity contribution in [1.82, 2.24) is 0 Å². The normalized spacial score (nSPS) is 12.5. The lowest BCUT2D eigenvalue weighted by molar-refractivity contribution is -0.120. The third-order valence-corrected chi connectivity index (χ3v) is 1.86. The number of esters is 1. The molecular formula is C12H16O4. The summed E-state index contributed by atoms with van der Waals surface area (Å²) in [5.74, 6) is -0.685. The van der Waals surface area contributed by atoms with Crippen LogP contribution in [0.5, 0.6) is 5.75 Å². The summed E-state index contributed by atoms with van der Waals surface area (Å²) < 4.78 is 10.3. The Hall–Kier alpha value is -1.55. The smallest absolute Gasteiger partial charge is 0.344 e. The van der Waals surface area contributed by atoms with E-state index in [1.807, 2.05) is 13.8 Å². The van der Waals surface area contributed by atoms with E-state index >= 15 is 0 Å². The molecular weight excluding hydrogens is 208 g/mol. The zero-order chi connectivity index (χ0) is 12.1. The van der Waals surface area contributed by atoms with Crippen LogP contribution in [0.25, 0.3) is 0 Å². The second-order valence-electron chi connectivity index (χ2n) is 3.67. The van der Waals surface area contributed by atoms with Crippen molar-refractivity contribution in [1.29, 1.82) is 0 Å². The fraction of sp³-hybridized carbons (Fsp3) is 0.417. The summed E-state index contributed by atoms with van der Waals surface area (Å²) in [5, 5.41) is 9.43. The first kappa shape index (κ1) is 12.5. The molecule has 88 valence electrons. The predicted octanol–water partition coefficient (Wildman–Crippen LogP) is 2.32. The summed E-state index contributed by atoms with van der Waals surface area (Å²) in [4.78, 5) is 11.6. The highest BCUT2D eigenvalue weighted by molar-refractivity contribution is 5.92. The first-order valence-electron chi connectivity index (χ1n) is 5.15. The number of phenolic OH excluding ortho intramolecular Hbond substituents is 1. The molecule has 1 unspecified atom stereocenters. The topological polar surface area (TPSA) is 55.8 Å². The molecule has 0 amide bonds. The molecule has 1 atom stereocenters. The van der Waals surface area contributed by atoms with Gasteiger partial charge in [0.05, 0.1) is 6.10 Å². The molecule has 0 bridgehead atoms. The van der Waals surface area contributed by atoms with Crippen LogP contribution >= 0.6 is 0 Å². The number of rotatable bonds is 4. The molecule has 1 aromatic carbocycles. The predicted molar refractivity (Wildman–Crippen MR) is 59.2 cm³/mol. The van der Waals surface area contributed by atoms with Gasteiger partial charge in [0.25, 0.3) is 0 Å². The van der Waals surface area contributed by atoms with Crippen molar-refractivity contribution < 1.29 is 19.4 Å². The molecule has 1 N–H and O–H groups in total. The molecule has 0 heterocycles. The van der Waals surface area contributed by atoms with Gasteiger partial charge in [0, 0.05) is 0 Å². The Balaban J connectivity index is 2.63. The SMILES string of the molecule is CC(C)OC(C)OC(=O)c1ccccc1O. The first-order valence-corrected chi connectivity index (χ1v) is 5.15. The Labute approximate surface area is 94.8 Å². The van der Waals surface area contributed by atoms with Crippen LogP contribution in [-0.4, -0.2) is 23.5 Å². The molecule has 4 nitrogen and oxygen atoms in total. The van der Waals surface area contributed by atoms with Crippen LogP contribution in [0.15, 0.2) is 24.3 Å². The molecule has 1 rings (SSSR count). The minimum atomic E-state index is -0.632. The van der Waals surface area contributed by atoms with Crippen LogP contribution in [0.1, 0.15) is 31.1 Å². The quantitative estimate of drug-likeness (QED) is 0.630. The zero-order valence-electron chi connectivity index (χ0n) is 9.64. The van der Waals surface area contributed by atoms with Crippen molar-refractivity contribution in [2.24, 2.45) is 0 Å². The summed E-state index contributed by atoms with van der Waals surface area (Å²) in [6.45, 7) is 5.34. The summed E-state index contributed by atoms with van der Waals surface area (Å²) in [5.41, 5.74) is 0.140. The van der Waals surface area contributed by atoms with Crippen LogP contribution in [0.2, 0.25) is 0 Å². The number of para-hydroxylation sites is 1. The van der Waals surface area contributed by atoms with E-state index in [4.69, 9.17) is 9.47 Å². The number of hydrogen-bond donors (Lipinski definition) is 1. The second-order valence-corrected chi connectivity index (χ2v) is 3.67. The zero-order valence-corrected chi connectivity index (χ0v) is 9.64. The molecule has 0 aliphatic heterocycles. The van der Waals surface area contributed by atoms with Gasteiger partial charge < -0.3 is 14.6 Å². The largest absolute Gasteiger partial charge is 0.507 e. The van der Waals surface area contributed by atoms with E-state index < -0.39 is 12.3 Å². The minimum Gasteiger partial charge on any atom is -0.507 e. The number of phenols is 1. The van der Waals surface area contributed by atoms with E-state index in [1.165, 1.54) is 12.1 Å². The summed E-state index contributed by atoms with van der Waals surface area (Å²) in [6.07, 6.45) is -0.653. The average molecular weight is 224 g/mol. The molecule has 0 aliphatic carbocycles. The Morgan fingerprint density at radius 3 is 2.44 bits per heavy atom. The van der Waals surface area contributed by atoms with Crippen molar-refractivity contribution in [2.45, 2.75) is 33.2 Å². The van der Waals surface area contributed by atoms with E-state index in [0.717, 1.165) is 0 Å². The number of carbonyl (C=O) groups is 1. The van der Waals surface area contributed by atoms with E-state index in [2.05, 4.69) is 0 Å². The average Bonchev–Trinajstić information content (AvgIpc) is 2.16. The van der Waals surface area contributed by atoms with Crippen molar-refractivity contribution in [3.63, 3.8) is 0 Å². The molecule has 16 heavy (non-hydrogen) atoms. The van der Waals surface area contributed by atoms with E-state index in [9.17, 15) is 9.90 Å². The number of hydrogen-bond acceptors (Lipinski definition) is 4.